The van der Waals surface area contributed by atoms with Crippen molar-refractivity contribution in [3.05, 3.63) is 70.8 Å². The minimum absolute atomic E-state index is 0.161. The highest BCUT2D eigenvalue weighted by atomic mass is 15.2. The maximum absolute atomic E-state index is 5.74. The first-order valence-electron chi connectivity index (χ1n) is 6.28. The molecular weight excluding hydrogens is 220 g/mol. The van der Waals surface area contributed by atoms with Crippen molar-refractivity contribution in [2.75, 3.05) is 0 Å². The second kappa shape index (κ2) is 5.80. The van der Waals surface area contributed by atoms with Gasteiger partial charge in [0.1, 0.15) is 0 Å². The van der Waals surface area contributed by atoms with Crippen LogP contribution in [-0.2, 0) is 6.42 Å². The maximum Gasteiger partial charge on any atom is 0.0505 e. The molecule has 0 aliphatic rings. The van der Waals surface area contributed by atoms with E-state index in [1.165, 1.54) is 22.3 Å². The van der Waals surface area contributed by atoms with Gasteiger partial charge in [-0.2, -0.15) is 0 Å². The number of hydrogen-bond donors (Lipinski definition) is 2. The largest absolute Gasteiger partial charge is 0.271 e. The topological polar surface area (TPSA) is 38.0 Å². The van der Waals surface area contributed by atoms with E-state index >= 15 is 0 Å². The van der Waals surface area contributed by atoms with E-state index in [2.05, 4.69) is 61.7 Å². The Kier molecular flexibility index (Phi) is 4.13. The minimum atomic E-state index is 0.161. The van der Waals surface area contributed by atoms with E-state index in [9.17, 15) is 0 Å². The third-order valence-electron chi connectivity index (χ3n) is 3.37. The molecule has 2 rings (SSSR count). The number of benzene rings is 2. The van der Waals surface area contributed by atoms with Crippen molar-refractivity contribution in [3.63, 3.8) is 0 Å². The van der Waals surface area contributed by atoms with Crippen LogP contribution < -0.4 is 11.3 Å². The molecule has 0 aromatic heterocycles. The molecule has 3 N–H and O–H groups in total. The average Bonchev–Trinajstić information content (AvgIpc) is 2.38. The normalized spacial score (nSPS) is 12.4. The van der Waals surface area contributed by atoms with Gasteiger partial charge in [0.15, 0.2) is 0 Å². The fraction of sp³-hybridized carbons (Fsp3) is 0.250. The molecule has 0 saturated carbocycles. The Morgan fingerprint density at radius 2 is 1.56 bits per heavy atom. The number of hydrazine groups is 1. The van der Waals surface area contributed by atoms with Crippen LogP contribution >= 0.6 is 0 Å². The van der Waals surface area contributed by atoms with Gasteiger partial charge < -0.3 is 0 Å². The van der Waals surface area contributed by atoms with Crippen LogP contribution in [0.1, 0.15) is 28.3 Å². The summed E-state index contributed by atoms with van der Waals surface area (Å²) in [4.78, 5) is 0. The zero-order chi connectivity index (χ0) is 13.0. The summed E-state index contributed by atoms with van der Waals surface area (Å²) in [5.74, 6) is 5.74. The van der Waals surface area contributed by atoms with Crippen molar-refractivity contribution in [3.8, 4) is 0 Å². The summed E-state index contributed by atoms with van der Waals surface area (Å²) in [6.45, 7) is 4.27. The summed E-state index contributed by atoms with van der Waals surface area (Å²) in [6, 6.07) is 17.0. The minimum Gasteiger partial charge on any atom is -0.271 e. The van der Waals surface area contributed by atoms with Crippen LogP contribution in [0.15, 0.2) is 48.5 Å². The number of rotatable bonds is 4. The third-order valence-corrected chi connectivity index (χ3v) is 3.37. The molecule has 0 aliphatic heterocycles. The number of nitrogens with one attached hydrogen (secondary N) is 1. The van der Waals surface area contributed by atoms with E-state index in [1.807, 2.05) is 6.07 Å². The molecule has 0 heterocycles. The highest BCUT2D eigenvalue weighted by Gasteiger charge is 2.14. The Labute approximate surface area is 109 Å². The van der Waals surface area contributed by atoms with Gasteiger partial charge in [-0.3, -0.25) is 11.3 Å². The zero-order valence-corrected chi connectivity index (χ0v) is 11.0. The zero-order valence-electron chi connectivity index (χ0n) is 11.0. The summed E-state index contributed by atoms with van der Waals surface area (Å²) in [6.07, 6.45) is 0.906. The summed E-state index contributed by atoms with van der Waals surface area (Å²) in [5, 5.41) is 0. The fourth-order valence-electron chi connectivity index (χ4n) is 2.47. The van der Waals surface area contributed by atoms with E-state index in [4.69, 9.17) is 5.84 Å². The van der Waals surface area contributed by atoms with Crippen LogP contribution in [0.4, 0.5) is 0 Å². The Morgan fingerprint density at radius 3 is 2.11 bits per heavy atom. The molecule has 0 fully saturated rings. The second-order valence-corrected chi connectivity index (χ2v) is 4.71. The van der Waals surface area contributed by atoms with E-state index in [0.717, 1.165) is 6.42 Å². The van der Waals surface area contributed by atoms with Crippen LogP contribution in [0.5, 0.6) is 0 Å². The molecule has 2 nitrogen and oxygen atoms in total. The lowest BCUT2D eigenvalue weighted by Gasteiger charge is -2.21. The van der Waals surface area contributed by atoms with Crippen molar-refractivity contribution < 1.29 is 0 Å². The third kappa shape index (κ3) is 2.78. The lowest BCUT2D eigenvalue weighted by Crippen LogP contribution is -2.30. The number of hydrogen-bond acceptors (Lipinski definition) is 2. The van der Waals surface area contributed by atoms with Gasteiger partial charge in [-0.05, 0) is 42.5 Å². The summed E-state index contributed by atoms with van der Waals surface area (Å²) in [7, 11) is 0. The molecular formula is C16H20N2. The fourth-order valence-corrected chi connectivity index (χ4v) is 2.47. The van der Waals surface area contributed by atoms with Gasteiger partial charge in [-0.15, -0.1) is 0 Å². The van der Waals surface area contributed by atoms with E-state index in [1.54, 1.807) is 0 Å². The first kappa shape index (κ1) is 12.8. The van der Waals surface area contributed by atoms with Gasteiger partial charge in [0.05, 0.1) is 6.04 Å². The number of aryl methyl sites for hydroxylation is 2. The van der Waals surface area contributed by atoms with E-state index in [0.29, 0.717) is 0 Å². The maximum atomic E-state index is 5.74. The Bertz CT molecular complexity index is 486. The van der Waals surface area contributed by atoms with Crippen molar-refractivity contribution in [2.45, 2.75) is 26.3 Å². The first-order chi connectivity index (χ1) is 8.72. The van der Waals surface area contributed by atoms with E-state index < -0.39 is 0 Å². The molecule has 2 heteroatoms. The second-order valence-electron chi connectivity index (χ2n) is 4.71. The molecule has 0 radical (unpaired) electrons. The molecule has 2 aromatic rings. The highest BCUT2D eigenvalue weighted by Crippen LogP contribution is 2.24. The van der Waals surface area contributed by atoms with Gasteiger partial charge in [0, 0.05) is 0 Å². The quantitative estimate of drug-likeness (QED) is 0.636. The molecule has 0 amide bonds. The van der Waals surface area contributed by atoms with Crippen LogP contribution in [0.25, 0.3) is 0 Å². The lowest BCUT2D eigenvalue weighted by atomic mass is 9.92. The predicted octanol–water partition coefficient (Wildman–Crippen LogP) is 3.05. The number of nitrogens with two attached hydrogens (primary N) is 1. The Balaban J connectivity index is 2.29. The molecule has 2 aromatic carbocycles. The van der Waals surface area contributed by atoms with Crippen LogP contribution in [0.3, 0.4) is 0 Å². The summed E-state index contributed by atoms with van der Waals surface area (Å²) in [5.41, 5.74) is 8.12. The van der Waals surface area contributed by atoms with Crippen molar-refractivity contribution in [1.82, 2.24) is 5.43 Å². The standard InChI is InChI=1S/C16H20N2/c1-12-7-6-8-13(2)16(12)15(18-17)11-14-9-4-3-5-10-14/h3-10,15,18H,11,17H2,1-2H3. The monoisotopic (exact) mass is 240 g/mol. The van der Waals surface area contributed by atoms with Gasteiger partial charge in [-0.1, -0.05) is 48.5 Å². The van der Waals surface area contributed by atoms with Crippen molar-refractivity contribution in [1.29, 1.82) is 0 Å². The van der Waals surface area contributed by atoms with Crippen LogP contribution in [-0.4, -0.2) is 0 Å². The van der Waals surface area contributed by atoms with E-state index in [-0.39, 0.29) is 6.04 Å². The van der Waals surface area contributed by atoms with Gasteiger partial charge in [0.2, 0.25) is 0 Å². The van der Waals surface area contributed by atoms with Crippen LogP contribution in [0.2, 0.25) is 0 Å². The average molecular weight is 240 g/mol. The Hall–Kier alpha value is -1.64. The molecule has 0 spiro atoms. The Morgan fingerprint density at radius 1 is 0.944 bits per heavy atom. The molecule has 0 saturated heterocycles. The first-order valence-corrected chi connectivity index (χ1v) is 6.28. The van der Waals surface area contributed by atoms with Crippen molar-refractivity contribution in [2.24, 2.45) is 5.84 Å². The highest BCUT2D eigenvalue weighted by molar-refractivity contribution is 5.37. The lowest BCUT2D eigenvalue weighted by molar-refractivity contribution is 0.547. The predicted molar refractivity (Wildman–Crippen MR) is 76.1 cm³/mol. The molecule has 0 aliphatic carbocycles. The SMILES string of the molecule is Cc1cccc(C)c1C(Cc1ccccc1)NN. The van der Waals surface area contributed by atoms with Gasteiger partial charge in [-0.25, -0.2) is 0 Å². The molecule has 1 unspecified atom stereocenters. The molecule has 18 heavy (non-hydrogen) atoms. The molecule has 0 bridgehead atoms. The van der Waals surface area contributed by atoms with Gasteiger partial charge in [0.25, 0.3) is 0 Å². The van der Waals surface area contributed by atoms with Gasteiger partial charge >= 0.3 is 0 Å². The summed E-state index contributed by atoms with van der Waals surface area (Å²) < 4.78 is 0. The molecule has 94 valence electrons. The van der Waals surface area contributed by atoms with Crippen molar-refractivity contribution >= 4 is 0 Å². The smallest absolute Gasteiger partial charge is 0.0505 e. The molecule has 1 atom stereocenters. The summed E-state index contributed by atoms with van der Waals surface area (Å²) >= 11 is 0. The van der Waals surface area contributed by atoms with Crippen LogP contribution in [0, 0.1) is 13.8 Å².